The summed E-state index contributed by atoms with van der Waals surface area (Å²) in [5, 5.41) is 12.8. The number of halogens is 2. The molecule has 0 radical (unpaired) electrons. The fourth-order valence-corrected chi connectivity index (χ4v) is 4.68. The van der Waals surface area contributed by atoms with Crippen LogP contribution in [0.2, 0.25) is 10.0 Å². The van der Waals surface area contributed by atoms with E-state index in [4.69, 9.17) is 33.0 Å². The summed E-state index contributed by atoms with van der Waals surface area (Å²) in [5.74, 6) is -0.105. The standard InChI is InChI=1S/C25H30Cl2N2O4/c1-16-3-7-20(8-4-16)29(14-24(30)28-22-9-6-19(26)11-17(22)2)13-18-5-10-23(21(27)12-18)33-15-25(31)32/h5-6,9-12,16,20H,3-4,7-8,13-15H2,1-2H3,(H,28,30)(H,31,32). The number of hydrogen-bond donors (Lipinski definition) is 2. The highest BCUT2D eigenvalue weighted by molar-refractivity contribution is 6.32. The van der Waals surface area contributed by atoms with Crippen LogP contribution in [0.1, 0.15) is 43.7 Å². The van der Waals surface area contributed by atoms with E-state index < -0.39 is 12.6 Å². The van der Waals surface area contributed by atoms with E-state index in [1.165, 1.54) is 0 Å². The lowest BCUT2D eigenvalue weighted by atomic mass is 9.86. The molecule has 0 aliphatic heterocycles. The van der Waals surface area contributed by atoms with E-state index in [2.05, 4.69) is 17.1 Å². The first-order valence-electron chi connectivity index (χ1n) is 11.1. The molecular weight excluding hydrogens is 463 g/mol. The number of aryl methyl sites for hydroxylation is 1. The quantitative estimate of drug-likeness (QED) is 0.463. The summed E-state index contributed by atoms with van der Waals surface area (Å²) in [6.07, 6.45) is 4.37. The molecular formula is C25H30Cl2N2O4. The van der Waals surface area contributed by atoms with E-state index in [-0.39, 0.29) is 12.5 Å². The lowest BCUT2D eigenvalue weighted by Crippen LogP contribution is -2.42. The second kappa shape index (κ2) is 11.7. The summed E-state index contributed by atoms with van der Waals surface area (Å²) in [5.41, 5.74) is 2.61. The summed E-state index contributed by atoms with van der Waals surface area (Å²) >= 11 is 12.3. The lowest BCUT2D eigenvalue weighted by Gasteiger charge is -2.36. The van der Waals surface area contributed by atoms with Gasteiger partial charge >= 0.3 is 5.97 Å². The summed E-state index contributed by atoms with van der Waals surface area (Å²) in [4.78, 5) is 25.9. The second-order valence-corrected chi connectivity index (χ2v) is 9.62. The molecule has 2 aromatic rings. The van der Waals surface area contributed by atoms with E-state index in [1.54, 1.807) is 18.2 Å². The minimum atomic E-state index is -1.06. The van der Waals surface area contributed by atoms with Gasteiger partial charge in [0.25, 0.3) is 0 Å². The Labute approximate surface area is 204 Å². The number of carboxylic acid groups (broad SMARTS) is 1. The van der Waals surface area contributed by atoms with Crippen molar-refractivity contribution in [2.24, 2.45) is 5.92 Å². The highest BCUT2D eigenvalue weighted by Crippen LogP contribution is 2.30. The van der Waals surface area contributed by atoms with Crippen LogP contribution in [0.3, 0.4) is 0 Å². The number of rotatable bonds is 9. The average Bonchev–Trinajstić information content (AvgIpc) is 2.75. The number of hydrogen-bond acceptors (Lipinski definition) is 4. The van der Waals surface area contributed by atoms with Gasteiger partial charge in [0.05, 0.1) is 11.6 Å². The Balaban J connectivity index is 1.72. The fourth-order valence-electron chi connectivity index (χ4n) is 4.20. The molecule has 0 atom stereocenters. The molecule has 33 heavy (non-hydrogen) atoms. The Morgan fingerprint density at radius 1 is 1.12 bits per heavy atom. The lowest BCUT2D eigenvalue weighted by molar-refractivity contribution is -0.139. The van der Waals surface area contributed by atoms with Crippen molar-refractivity contribution < 1.29 is 19.4 Å². The first kappa shape index (κ1) is 25.3. The van der Waals surface area contributed by atoms with Crippen LogP contribution in [0, 0.1) is 12.8 Å². The maximum atomic E-state index is 12.9. The number of anilines is 1. The van der Waals surface area contributed by atoms with Gasteiger partial charge in [-0.15, -0.1) is 0 Å². The zero-order chi connectivity index (χ0) is 24.0. The van der Waals surface area contributed by atoms with Crippen LogP contribution in [-0.2, 0) is 16.1 Å². The van der Waals surface area contributed by atoms with Gasteiger partial charge in [-0.05, 0) is 80.0 Å². The first-order valence-corrected chi connectivity index (χ1v) is 11.9. The minimum absolute atomic E-state index is 0.0773. The summed E-state index contributed by atoms with van der Waals surface area (Å²) < 4.78 is 5.22. The van der Waals surface area contributed by atoms with Crippen LogP contribution in [-0.4, -0.2) is 41.1 Å². The Hall–Kier alpha value is -2.28. The van der Waals surface area contributed by atoms with Crippen molar-refractivity contribution in [3.8, 4) is 5.75 Å². The number of carbonyl (C=O) groups is 2. The molecule has 2 N–H and O–H groups in total. The van der Waals surface area contributed by atoms with Gasteiger partial charge in [0.15, 0.2) is 6.61 Å². The molecule has 1 fully saturated rings. The molecule has 3 rings (SSSR count). The molecule has 0 bridgehead atoms. The number of aliphatic carboxylic acids is 1. The zero-order valence-corrected chi connectivity index (χ0v) is 20.5. The van der Waals surface area contributed by atoms with Gasteiger partial charge in [0.2, 0.25) is 5.91 Å². The van der Waals surface area contributed by atoms with Crippen LogP contribution in [0.25, 0.3) is 0 Å². The fraction of sp³-hybridized carbons (Fsp3) is 0.440. The van der Waals surface area contributed by atoms with Gasteiger partial charge in [0, 0.05) is 23.3 Å². The molecule has 2 aromatic carbocycles. The third kappa shape index (κ3) is 7.63. The molecule has 6 nitrogen and oxygen atoms in total. The molecule has 0 saturated heterocycles. The SMILES string of the molecule is Cc1cc(Cl)ccc1NC(=O)CN(Cc1ccc(OCC(=O)O)c(Cl)c1)C1CCC(C)CC1. The topological polar surface area (TPSA) is 78.9 Å². The molecule has 1 amide bonds. The Kier molecular flexibility index (Phi) is 9.01. The van der Waals surface area contributed by atoms with Gasteiger partial charge in [-0.3, -0.25) is 9.69 Å². The third-order valence-corrected chi connectivity index (χ3v) is 6.57. The third-order valence-electron chi connectivity index (χ3n) is 6.04. The van der Waals surface area contributed by atoms with E-state index >= 15 is 0 Å². The number of carboxylic acids is 1. The van der Waals surface area contributed by atoms with Crippen molar-refractivity contribution >= 4 is 40.8 Å². The summed E-state index contributed by atoms with van der Waals surface area (Å²) in [7, 11) is 0. The van der Waals surface area contributed by atoms with Gasteiger partial charge in [-0.2, -0.15) is 0 Å². The molecule has 1 saturated carbocycles. The zero-order valence-electron chi connectivity index (χ0n) is 18.9. The van der Waals surface area contributed by atoms with Crippen LogP contribution in [0.5, 0.6) is 5.75 Å². The van der Waals surface area contributed by atoms with Gasteiger partial charge < -0.3 is 15.2 Å². The van der Waals surface area contributed by atoms with Gasteiger partial charge in [0.1, 0.15) is 5.75 Å². The summed E-state index contributed by atoms with van der Waals surface area (Å²) in [6.45, 7) is 4.56. The highest BCUT2D eigenvalue weighted by atomic mass is 35.5. The van der Waals surface area contributed by atoms with Crippen LogP contribution < -0.4 is 10.1 Å². The monoisotopic (exact) mass is 492 g/mol. The van der Waals surface area contributed by atoms with Crippen molar-refractivity contribution in [2.75, 3.05) is 18.5 Å². The van der Waals surface area contributed by atoms with E-state index in [0.717, 1.165) is 42.5 Å². The Morgan fingerprint density at radius 3 is 2.48 bits per heavy atom. The average molecular weight is 493 g/mol. The molecule has 178 valence electrons. The largest absolute Gasteiger partial charge is 0.480 e. The predicted molar refractivity (Wildman–Crippen MR) is 131 cm³/mol. The van der Waals surface area contributed by atoms with Gasteiger partial charge in [-0.1, -0.05) is 36.2 Å². The molecule has 1 aliphatic carbocycles. The Morgan fingerprint density at radius 2 is 1.85 bits per heavy atom. The number of carbonyl (C=O) groups excluding carboxylic acids is 1. The van der Waals surface area contributed by atoms with E-state index in [9.17, 15) is 9.59 Å². The normalized spacial score (nSPS) is 18.2. The van der Waals surface area contributed by atoms with Crippen molar-refractivity contribution in [1.29, 1.82) is 0 Å². The molecule has 0 aromatic heterocycles. The maximum absolute atomic E-state index is 12.9. The first-order chi connectivity index (χ1) is 15.7. The smallest absolute Gasteiger partial charge is 0.341 e. The molecule has 0 unspecified atom stereocenters. The number of benzene rings is 2. The molecule has 1 aliphatic rings. The number of amides is 1. The van der Waals surface area contributed by atoms with Crippen molar-refractivity contribution in [3.63, 3.8) is 0 Å². The van der Waals surface area contributed by atoms with E-state index in [1.807, 2.05) is 25.1 Å². The van der Waals surface area contributed by atoms with Crippen LogP contribution in [0.4, 0.5) is 5.69 Å². The second-order valence-electron chi connectivity index (χ2n) is 8.77. The van der Waals surface area contributed by atoms with Gasteiger partial charge in [-0.25, -0.2) is 4.79 Å². The summed E-state index contributed by atoms with van der Waals surface area (Å²) in [6, 6.07) is 11.0. The van der Waals surface area contributed by atoms with Crippen molar-refractivity contribution in [3.05, 3.63) is 57.6 Å². The highest BCUT2D eigenvalue weighted by Gasteiger charge is 2.26. The molecule has 0 heterocycles. The minimum Gasteiger partial charge on any atom is -0.480 e. The number of nitrogens with zero attached hydrogens (tertiary/aromatic N) is 1. The van der Waals surface area contributed by atoms with E-state index in [0.29, 0.717) is 34.3 Å². The Bertz CT molecular complexity index is 990. The number of nitrogens with one attached hydrogen (secondary N) is 1. The molecule has 8 heteroatoms. The van der Waals surface area contributed by atoms with Crippen LogP contribution >= 0.6 is 23.2 Å². The number of ether oxygens (including phenoxy) is 1. The van der Waals surface area contributed by atoms with Crippen molar-refractivity contribution in [2.45, 2.75) is 52.1 Å². The molecule has 0 spiro atoms. The van der Waals surface area contributed by atoms with Crippen molar-refractivity contribution in [1.82, 2.24) is 4.90 Å². The predicted octanol–water partition coefficient (Wildman–Crippen LogP) is 5.78. The van der Waals surface area contributed by atoms with Crippen LogP contribution in [0.15, 0.2) is 36.4 Å². The maximum Gasteiger partial charge on any atom is 0.341 e.